The summed E-state index contributed by atoms with van der Waals surface area (Å²) < 4.78 is 5.40. The smallest absolute Gasteiger partial charge is 0.253 e. The molecular weight excluding hydrogens is 366 g/mol. The van der Waals surface area contributed by atoms with Crippen LogP contribution >= 0.6 is 0 Å². The van der Waals surface area contributed by atoms with E-state index in [0.717, 1.165) is 50.4 Å². The Kier molecular flexibility index (Phi) is 5.81. The summed E-state index contributed by atoms with van der Waals surface area (Å²) in [7, 11) is 1.81. The molecule has 6 heteroatoms. The SMILES string of the molecule is CN(Cc1ccc(N2CCOCC2)cc1)C(=O)c1ccc(NC(=O)C2CC2)cc1. The number of anilines is 2. The fraction of sp³-hybridized carbons (Fsp3) is 0.391. The van der Waals surface area contributed by atoms with Crippen LogP contribution < -0.4 is 10.2 Å². The molecule has 2 aromatic rings. The van der Waals surface area contributed by atoms with E-state index in [9.17, 15) is 9.59 Å². The zero-order valence-corrected chi connectivity index (χ0v) is 16.8. The number of rotatable bonds is 6. The number of benzene rings is 2. The number of amides is 2. The first-order valence-corrected chi connectivity index (χ1v) is 10.2. The highest BCUT2D eigenvalue weighted by Gasteiger charge is 2.29. The van der Waals surface area contributed by atoms with Crippen molar-refractivity contribution in [3.63, 3.8) is 0 Å². The Bertz CT molecular complexity index is 854. The number of carbonyl (C=O) groups is 2. The molecule has 1 aliphatic carbocycles. The van der Waals surface area contributed by atoms with E-state index in [1.807, 2.05) is 0 Å². The lowest BCUT2D eigenvalue weighted by Crippen LogP contribution is -2.36. The van der Waals surface area contributed by atoms with Crippen molar-refractivity contribution in [3.05, 3.63) is 59.7 Å². The third-order valence-corrected chi connectivity index (χ3v) is 5.43. The molecule has 2 amide bonds. The molecule has 1 N–H and O–H groups in total. The molecule has 4 rings (SSSR count). The van der Waals surface area contributed by atoms with Gasteiger partial charge < -0.3 is 19.9 Å². The number of ether oxygens (including phenoxy) is 1. The van der Waals surface area contributed by atoms with Crippen molar-refractivity contribution in [2.75, 3.05) is 43.6 Å². The Morgan fingerprint density at radius 1 is 1.03 bits per heavy atom. The van der Waals surface area contributed by atoms with E-state index in [4.69, 9.17) is 4.74 Å². The Morgan fingerprint density at radius 2 is 1.69 bits per heavy atom. The van der Waals surface area contributed by atoms with Crippen molar-refractivity contribution >= 4 is 23.2 Å². The fourth-order valence-electron chi connectivity index (χ4n) is 3.49. The molecular formula is C23H27N3O3. The van der Waals surface area contributed by atoms with Crippen LogP contribution in [0.1, 0.15) is 28.8 Å². The predicted molar refractivity (Wildman–Crippen MR) is 113 cm³/mol. The van der Waals surface area contributed by atoms with Crippen molar-refractivity contribution in [2.24, 2.45) is 5.92 Å². The van der Waals surface area contributed by atoms with E-state index < -0.39 is 0 Å². The summed E-state index contributed by atoms with van der Waals surface area (Å²) in [6.07, 6.45) is 1.95. The van der Waals surface area contributed by atoms with Gasteiger partial charge in [0.2, 0.25) is 5.91 Å². The van der Waals surface area contributed by atoms with E-state index in [-0.39, 0.29) is 17.7 Å². The number of hydrogen-bond acceptors (Lipinski definition) is 4. The average Bonchev–Trinajstić information content (AvgIpc) is 3.60. The summed E-state index contributed by atoms with van der Waals surface area (Å²) in [6, 6.07) is 15.5. The Labute approximate surface area is 171 Å². The molecule has 29 heavy (non-hydrogen) atoms. The highest BCUT2D eigenvalue weighted by molar-refractivity contribution is 5.96. The summed E-state index contributed by atoms with van der Waals surface area (Å²) in [4.78, 5) is 28.6. The van der Waals surface area contributed by atoms with Gasteiger partial charge in [0.05, 0.1) is 13.2 Å². The van der Waals surface area contributed by atoms with Crippen LogP contribution in [0, 0.1) is 5.92 Å². The minimum Gasteiger partial charge on any atom is -0.378 e. The predicted octanol–water partition coefficient (Wildman–Crippen LogP) is 3.14. The van der Waals surface area contributed by atoms with Crippen molar-refractivity contribution in [2.45, 2.75) is 19.4 Å². The van der Waals surface area contributed by atoms with Crippen LogP contribution in [0.3, 0.4) is 0 Å². The van der Waals surface area contributed by atoms with Crippen molar-refractivity contribution in [3.8, 4) is 0 Å². The van der Waals surface area contributed by atoms with Crippen molar-refractivity contribution in [1.82, 2.24) is 4.90 Å². The monoisotopic (exact) mass is 393 g/mol. The molecule has 1 aliphatic heterocycles. The number of morpholine rings is 1. The van der Waals surface area contributed by atoms with E-state index in [1.165, 1.54) is 5.69 Å². The average molecular weight is 393 g/mol. The standard InChI is InChI=1S/C23H27N3O3/c1-25(16-17-2-10-21(11-3-17)26-12-14-29-15-13-26)23(28)19-6-8-20(9-7-19)24-22(27)18-4-5-18/h2-3,6-11,18H,4-5,12-16H2,1H3,(H,24,27). The number of nitrogens with one attached hydrogen (secondary N) is 1. The third-order valence-electron chi connectivity index (χ3n) is 5.43. The fourth-order valence-corrected chi connectivity index (χ4v) is 3.49. The van der Waals surface area contributed by atoms with Crippen molar-refractivity contribution in [1.29, 1.82) is 0 Å². The van der Waals surface area contributed by atoms with Crippen LogP contribution in [0.2, 0.25) is 0 Å². The third kappa shape index (κ3) is 4.95. The van der Waals surface area contributed by atoms with Crippen LogP contribution in [-0.4, -0.2) is 50.1 Å². The molecule has 0 aromatic heterocycles. The highest BCUT2D eigenvalue weighted by Crippen LogP contribution is 2.30. The van der Waals surface area contributed by atoms with Gasteiger partial charge in [-0.2, -0.15) is 0 Å². The number of hydrogen-bond donors (Lipinski definition) is 1. The summed E-state index contributed by atoms with van der Waals surface area (Å²) >= 11 is 0. The molecule has 2 aromatic carbocycles. The summed E-state index contributed by atoms with van der Waals surface area (Å²) in [6.45, 7) is 3.90. The second-order valence-electron chi connectivity index (χ2n) is 7.77. The zero-order chi connectivity index (χ0) is 20.2. The maximum absolute atomic E-state index is 12.7. The Balaban J connectivity index is 1.33. The van der Waals surface area contributed by atoms with Gasteiger partial charge in [0.1, 0.15) is 0 Å². The number of carbonyl (C=O) groups excluding carboxylic acids is 2. The second-order valence-corrected chi connectivity index (χ2v) is 7.77. The highest BCUT2D eigenvalue weighted by atomic mass is 16.5. The molecule has 2 aliphatic rings. The van der Waals surface area contributed by atoms with Crippen LogP contribution in [-0.2, 0) is 16.1 Å². The van der Waals surface area contributed by atoms with Gasteiger partial charge in [-0.05, 0) is 54.8 Å². The summed E-state index contributed by atoms with van der Waals surface area (Å²) in [5.41, 5.74) is 3.63. The molecule has 1 saturated heterocycles. The zero-order valence-electron chi connectivity index (χ0n) is 16.8. The van der Waals surface area contributed by atoms with E-state index in [1.54, 1.807) is 36.2 Å². The lowest BCUT2D eigenvalue weighted by atomic mass is 10.1. The first-order chi connectivity index (χ1) is 14.1. The maximum Gasteiger partial charge on any atom is 0.253 e. The summed E-state index contributed by atoms with van der Waals surface area (Å²) in [5.74, 6) is 0.195. The minimum absolute atomic E-state index is 0.0395. The Morgan fingerprint density at radius 3 is 2.31 bits per heavy atom. The van der Waals surface area contributed by atoms with Gasteiger partial charge >= 0.3 is 0 Å². The van der Waals surface area contributed by atoms with Crippen LogP contribution in [0.5, 0.6) is 0 Å². The van der Waals surface area contributed by atoms with Crippen molar-refractivity contribution < 1.29 is 14.3 Å². The van der Waals surface area contributed by atoms with E-state index in [2.05, 4.69) is 34.5 Å². The summed E-state index contributed by atoms with van der Waals surface area (Å²) in [5, 5.41) is 2.90. The molecule has 0 bridgehead atoms. The maximum atomic E-state index is 12.7. The molecule has 0 radical (unpaired) electrons. The number of nitrogens with zero attached hydrogens (tertiary/aromatic N) is 2. The van der Waals surface area contributed by atoms with Gasteiger partial charge in [0, 0.05) is 49.5 Å². The quantitative estimate of drug-likeness (QED) is 0.819. The van der Waals surface area contributed by atoms with Gasteiger partial charge in [-0.1, -0.05) is 12.1 Å². The van der Waals surface area contributed by atoms with Gasteiger partial charge in [0.25, 0.3) is 5.91 Å². The molecule has 1 heterocycles. The van der Waals surface area contributed by atoms with E-state index in [0.29, 0.717) is 12.1 Å². The largest absolute Gasteiger partial charge is 0.378 e. The van der Waals surface area contributed by atoms with Crippen LogP contribution in [0.25, 0.3) is 0 Å². The minimum atomic E-state index is -0.0395. The first-order valence-electron chi connectivity index (χ1n) is 10.2. The van der Waals surface area contributed by atoms with Gasteiger partial charge in [-0.25, -0.2) is 0 Å². The molecule has 2 fully saturated rings. The van der Waals surface area contributed by atoms with Gasteiger partial charge in [-0.15, -0.1) is 0 Å². The normalized spacial score (nSPS) is 16.4. The topological polar surface area (TPSA) is 61.9 Å². The Hall–Kier alpha value is -2.86. The lowest BCUT2D eigenvalue weighted by molar-refractivity contribution is -0.117. The molecule has 152 valence electrons. The molecule has 0 unspecified atom stereocenters. The molecule has 0 atom stereocenters. The van der Waals surface area contributed by atoms with Gasteiger partial charge in [0.15, 0.2) is 0 Å². The van der Waals surface area contributed by atoms with Crippen LogP contribution in [0.4, 0.5) is 11.4 Å². The van der Waals surface area contributed by atoms with E-state index >= 15 is 0 Å². The van der Waals surface area contributed by atoms with Gasteiger partial charge in [-0.3, -0.25) is 9.59 Å². The first kappa shape index (κ1) is 19.5. The lowest BCUT2D eigenvalue weighted by Gasteiger charge is -2.29. The molecule has 0 spiro atoms. The van der Waals surface area contributed by atoms with Crippen LogP contribution in [0.15, 0.2) is 48.5 Å². The second kappa shape index (κ2) is 8.66. The molecule has 1 saturated carbocycles. The molecule has 6 nitrogen and oxygen atoms in total.